The lowest BCUT2D eigenvalue weighted by molar-refractivity contribution is 0.0534. The fourth-order valence-corrected chi connectivity index (χ4v) is 2.20. The van der Waals surface area contributed by atoms with Crippen molar-refractivity contribution in [2.24, 2.45) is 0 Å². The van der Waals surface area contributed by atoms with Crippen molar-refractivity contribution in [3.63, 3.8) is 0 Å². The maximum absolute atomic E-state index is 12.3. The maximum atomic E-state index is 12.3. The number of aromatic nitrogens is 1. The number of nitrogens with zero attached hydrogens (tertiary/aromatic N) is 2. The third-order valence-corrected chi connectivity index (χ3v) is 3.35. The second-order valence-corrected chi connectivity index (χ2v) is 4.72. The number of hydrogen-bond donors (Lipinski definition) is 1. The number of pyridine rings is 1. The highest BCUT2D eigenvalue weighted by Gasteiger charge is 2.23. The summed E-state index contributed by atoms with van der Waals surface area (Å²) in [6, 6.07) is 2.84. The minimum atomic E-state index is -1.05. The van der Waals surface area contributed by atoms with Gasteiger partial charge in [-0.3, -0.25) is 9.78 Å². The van der Waals surface area contributed by atoms with Gasteiger partial charge in [-0.25, -0.2) is 4.79 Å². The fourth-order valence-electron chi connectivity index (χ4n) is 2.20. The van der Waals surface area contributed by atoms with Crippen molar-refractivity contribution in [2.45, 2.75) is 25.9 Å². The zero-order valence-electron chi connectivity index (χ0n) is 11.4. The quantitative estimate of drug-likeness (QED) is 0.881. The van der Waals surface area contributed by atoms with Crippen molar-refractivity contribution in [2.75, 3.05) is 19.7 Å². The number of carbonyl (C=O) groups is 2. The molecule has 1 fully saturated rings. The van der Waals surface area contributed by atoms with Gasteiger partial charge < -0.3 is 14.7 Å². The van der Waals surface area contributed by atoms with E-state index in [-0.39, 0.29) is 23.3 Å². The van der Waals surface area contributed by atoms with E-state index in [1.54, 1.807) is 4.90 Å². The lowest BCUT2D eigenvalue weighted by Crippen LogP contribution is -2.37. The Morgan fingerprint density at radius 2 is 2.30 bits per heavy atom. The number of carbonyl (C=O) groups excluding carboxylic acids is 1. The zero-order chi connectivity index (χ0) is 14.5. The summed E-state index contributed by atoms with van der Waals surface area (Å²) >= 11 is 0. The van der Waals surface area contributed by atoms with Gasteiger partial charge >= 0.3 is 5.97 Å². The molecule has 0 aliphatic carbocycles. The van der Waals surface area contributed by atoms with Crippen LogP contribution in [-0.4, -0.2) is 52.7 Å². The Kier molecular flexibility index (Phi) is 4.68. The van der Waals surface area contributed by atoms with Crippen LogP contribution in [0.4, 0.5) is 0 Å². The lowest BCUT2D eigenvalue weighted by Gasteiger charge is -2.23. The molecule has 0 saturated carbocycles. The smallest absolute Gasteiger partial charge is 0.337 e. The lowest BCUT2D eigenvalue weighted by atomic mass is 10.2. The number of hydrogen-bond acceptors (Lipinski definition) is 4. The highest BCUT2D eigenvalue weighted by atomic mass is 16.5. The van der Waals surface area contributed by atoms with Crippen LogP contribution in [0.15, 0.2) is 18.3 Å². The molecule has 1 aromatic rings. The summed E-state index contributed by atoms with van der Waals surface area (Å²) < 4.78 is 5.53. The molecule has 6 heteroatoms. The molecule has 0 aromatic carbocycles. The van der Waals surface area contributed by atoms with E-state index in [0.29, 0.717) is 13.1 Å². The molecule has 1 N–H and O–H groups in total. The first-order chi connectivity index (χ1) is 9.61. The van der Waals surface area contributed by atoms with Gasteiger partial charge in [0.25, 0.3) is 5.91 Å². The van der Waals surface area contributed by atoms with Crippen molar-refractivity contribution < 1.29 is 19.4 Å². The first-order valence-electron chi connectivity index (χ1n) is 6.72. The van der Waals surface area contributed by atoms with Crippen LogP contribution in [0.5, 0.6) is 0 Å². The number of carboxylic acids is 1. The fraction of sp³-hybridized carbons (Fsp3) is 0.500. The molecule has 1 aliphatic heterocycles. The predicted molar refractivity (Wildman–Crippen MR) is 71.7 cm³/mol. The van der Waals surface area contributed by atoms with Crippen molar-refractivity contribution in [1.29, 1.82) is 0 Å². The van der Waals surface area contributed by atoms with Crippen LogP contribution < -0.4 is 0 Å². The van der Waals surface area contributed by atoms with Crippen LogP contribution in [0.1, 0.15) is 40.6 Å². The number of carboxylic acid groups (broad SMARTS) is 1. The summed E-state index contributed by atoms with van der Waals surface area (Å²) in [6.07, 6.45) is 3.30. The molecule has 0 bridgehead atoms. The van der Waals surface area contributed by atoms with E-state index in [9.17, 15) is 9.59 Å². The Bertz CT molecular complexity index is 480. The van der Waals surface area contributed by atoms with Crippen LogP contribution in [0, 0.1) is 0 Å². The standard InChI is InChI=1S/C14H18N2O4/c1-2-16(9-11-4-3-7-20-11)13(17)12-6-5-10(8-15-12)14(18)19/h5-6,8,11H,2-4,7,9H2,1H3,(H,18,19). The molecule has 20 heavy (non-hydrogen) atoms. The third-order valence-electron chi connectivity index (χ3n) is 3.35. The molecule has 108 valence electrons. The Labute approximate surface area is 117 Å². The molecule has 2 heterocycles. The van der Waals surface area contributed by atoms with Crippen molar-refractivity contribution in [1.82, 2.24) is 9.88 Å². The molecule has 1 unspecified atom stereocenters. The molecule has 2 rings (SSSR count). The number of ether oxygens (including phenoxy) is 1. The Morgan fingerprint density at radius 1 is 1.50 bits per heavy atom. The molecular weight excluding hydrogens is 260 g/mol. The first-order valence-corrected chi connectivity index (χ1v) is 6.72. The van der Waals surface area contributed by atoms with Crippen molar-refractivity contribution >= 4 is 11.9 Å². The number of likely N-dealkylation sites (N-methyl/N-ethyl adjacent to an activating group) is 1. The third kappa shape index (κ3) is 3.33. The summed E-state index contributed by atoms with van der Waals surface area (Å²) in [6.45, 7) is 3.78. The molecule has 1 saturated heterocycles. The van der Waals surface area contributed by atoms with Crippen LogP contribution in [0.25, 0.3) is 0 Å². The van der Waals surface area contributed by atoms with Crippen molar-refractivity contribution in [3.05, 3.63) is 29.6 Å². The van der Waals surface area contributed by atoms with Crippen LogP contribution in [0.2, 0.25) is 0 Å². The normalized spacial score (nSPS) is 17.9. The minimum absolute atomic E-state index is 0.0729. The molecule has 1 aliphatic rings. The summed E-state index contributed by atoms with van der Waals surface area (Å²) in [4.78, 5) is 28.7. The SMILES string of the molecule is CCN(CC1CCCO1)C(=O)c1ccc(C(=O)O)cn1. The summed E-state index contributed by atoms with van der Waals surface area (Å²) in [5.74, 6) is -1.25. The Hall–Kier alpha value is -1.95. The second kappa shape index (κ2) is 6.47. The molecule has 1 aromatic heterocycles. The Balaban J connectivity index is 2.05. The summed E-state index contributed by atoms with van der Waals surface area (Å²) in [7, 11) is 0. The predicted octanol–water partition coefficient (Wildman–Crippen LogP) is 1.42. The van der Waals surface area contributed by atoms with Gasteiger partial charge in [0.15, 0.2) is 0 Å². The average molecular weight is 278 g/mol. The van der Waals surface area contributed by atoms with E-state index in [0.717, 1.165) is 19.4 Å². The molecule has 0 radical (unpaired) electrons. The van der Waals surface area contributed by atoms with Crippen LogP contribution >= 0.6 is 0 Å². The average Bonchev–Trinajstić information content (AvgIpc) is 2.97. The van der Waals surface area contributed by atoms with Crippen LogP contribution in [0.3, 0.4) is 0 Å². The monoisotopic (exact) mass is 278 g/mol. The van der Waals surface area contributed by atoms with Gasteiger partial charge in [-0.1, -0.05) is 0 Å². The molecule has 0 spiro atoms. The number of amides is 1. The highest BCUT2D eigenvalue weighted by Crippen LogP contribution is 2.14. The van der Waals surface area contributed by atoms with E-state index in [4.69, 9.17) is 9.84 Å². The number of rotatable bonds is 5. The van der Waals surface area contributed by atoms with E-state index in [2.05, 4.69) is 4.98 Å². The molecule has 1 atom stereocenters. The van der Waals surface area contributed by atoms with Gasteiger partial charge in [-0.2, -0.15) is 0 Å². The maximum Gasteiger partial charge on any atom is 0.337 e. The van der Waals surface area contributed by atoms with E-state index < -0.39 is 5.97 Å². The van der Waals surface area contributed by atoms with Gasteiger partial charge in [-0.05, 0) is 31.9 Å². The topological polar surface area (TPSA) is 79.7 Å². The van der Waals surface area contributed by atoms with Gasteiger partial charge in [0.05, 0.1) is 11.7 Å². The van der Waals surface area contributed by atoms with Gasteiger partial charge in [-0.15, -0.1) is 0 Å². The van der Waals surface area contributed by atoms with E-state index in [1.807, 2.05) is 6.92 Å². The van der Waals surface area contributed by atoms with Crippen LogP contribution in [-0.2, 0) is 4.74 Å². The highest BCUT2D eigenvalue weighted by molar-refractivity contribution is 5.93. The van der Waals surface area contributed by atoms with Gasteiger partial charge in [0.2, 0.25) is 0 Å². The summed E-state index contributed by atoms with van der Waals surface area (Å²) in [5.41, 5.74) is 0.332. The van der Waals surface area contributed by atoms with Gasteiger partial charge in [0, 0.05) is 25.9 Å². The first kappa shape index (κ1) is 14.5. The zero-order valence-corrected chi connectivity index (χ0v) is 11.4. The van der Waals surface area contributed by atoms with E-state index >= 15 is 0 Å². The van der Waals surface area contributed by atoms with E-state index in [1.165, 1.54) is 18.3 Å². The Morgan fingerprint density at radius 3 is 2.80 bits per heavy atom. The molecule has 1 amide bonds. The molecular formula is C14H18N2O4. The van der Waals surface area contributed by atoms with Crippen molar-refractivity contribution in [3.8, 4) is 0 Å². The number of aromatic carboxylic acids is 1. The summed E-state index contributed by atoms with van der Waals surface area (Å²) in [5, 5.41) is 8.81. The molecule has 6 nitrogen and oxygen atoms in total. The van der Waals surface area contributed by atoms with Gasteiger partial charge in [0.1, 0.15) is 5.69 Å². The second-order valence-electron chi connectivity index (χ2n) is 4.72. The largest absolute Gasteiger partial charge is 0.478 e. The minimum Gasteiger partial charge on any atom is -0.478 e.